The summed E-state index contributed by atoms with van der Waals surface area (Å²) in [5, 5.41) is 3.01. The number of amides is 2. The maximum atomic E-state index is 13.6. The minimum atomic E-state index is -0.769. The van der Waals surface area contributed by atoms with E-state index in [2.05, 4.69) is 5.32 Å². The van der Waals surface area contributed by atoms with Crippen molar-refractivity contribution < 1.29 is 23.5 Å². The number of rotatable bonds is 7. The number of hydrogen-bond donors (Lipinski definition) is 2. The monoisotopic (exact) mass is 380 g/mol. The van der Waals surface area contributed by atoms with Crippen molar-refractivity contribution in [3.8, 4) is 5.75 Å². The van der Waals surface area contributed by atoms with Crippen LogP contribution in [0.4, 0.5) is 9.18 Å². The molecule has 0 heterocycles. The van der Waals surface area contributed by atoms with E-state index >= 15 is 0 Å². The van der Waals surface area contributed by atoms with E-state index < -0.39 is 23.9 Å². The van der Waals surface area contributed by atoms with Crippen molar-refractivity contribution in [3.05, 3.63) is 64.4 Å². The number of halogens is 2. The Morgan fingerprint density at radius 3 is 2.50 bits per heavy atom. The number of hydrogen-bond acceptors (Lipinski definition) is 4. The quantitative estimate of drug-likeness (QED) is 0.721. The number of nitrogens with one attached hydrogen (secondary N) is 1. The summed E-state index contributed by atoms with van der Waals surface area (Å²) in [7, 11) is 1.36. The average molecular weight is 381 g/mol. The Morgan fingerprint density at radius 2 is 1.92 bits per heavy atom. The van der Waals surface area contributed by atoms with Crippen molar-refractivity contribution in [2.24, 2.45) is 5.73 Å². The first-order valence-electron chi connectivity index (χ1n) is 7.68. The van der Waals surface area contributed by atoms with Gasteiger partial charge in [-0.2, -0.15) is 0 Å². The van der Waals surface area contributed by atoms with Crippen LogP contribution in [0.25, 0.3) is 0 Å². The molecule has 8 heteroatoms. The fourth-order valence-corrected chi connectivity index (χ4v) is 2.43. The molecule has 2 rings (SSSR count). The smallest absolute Gasteiger partial charge is 0.312 e. The summed E-state index contributed by atoms with van der Waals surface area (Å²) in [6.45, 7) is -0.107. The second-order valence-corrected chi connectivity index (χ2v) is 5.88. The third kappa shape index (κ3) is 5.63. The van der Waals surface area contributed by atoms with E-state index in [1.165, 1.54) is 19.2 Å². The number of carbonyl (C=O) groups excluding carboxylic acids is 2. The number of nitrogens with two attached hydrogens (primary N) is 1. The van der Waals surface area contributed by atoms with Crippen LogP contribution in [0.3, 0.4) is 0 Å². The van der Waals surface area contributed by atoms with E-state index in [1.54, 1.807) is 30.3 Å². The van der Waals surface area contributed by atoms with Crippen LogP contribution in [0.1, 0.15) is 23.6 Å². The van der Waals surface area contributed by atoms with Crippen LogP contribution in [0.2, 0.25) is 5.02 Å². The van der Waals surface area contributed by atoms with Gasteiger partial charge in [0.15, 0.2) is 11.6 Å². The summed E-state index contributed by atoms with van der Waals surface area (Å²) in [6.07, 6.45) is -0.136. The van der Waals surface area contributed by atoms with Crippen LogP contribution in [-0.4, -0.2) is 19.1 Å². The highest BCUT2D eigenvalue weighted by Gasteiger charge is 2.18. The SMILES string of the molecule is COc1ccc(COC(=O)C[C@H](NC(N)=O)c2ccc(Cl)cc2)cc1F. The lowest BCUT2D eigenvalue weighted by atomic mass is 10.0. The number of primary amides is 1. The Kier molecular flexibility index (Phi) is 6.80. The first-order chi connectivity index (χ1) is 12.4. The highest BCUT2D eigenvalue weighted by Crippen LogP contribution is 2.21. The van der Waals surface area contributed by atoms with E-state index in [1.807, 2.05) is 0 Å². The minimum Gasteiger partial charge on any atom is -0.494 e. The Labute approximate surface area is 155 Å². The van der Waals surface area contributed by atoms with Gasteiger partial charge in [0.25, 0.3) is 0 Å². The fraction of sp³-hybridized carbons (Fsp3) is 0.222. The van der Waals surface area contributed by atoms with Crippen LogP contribution in [0.15, 0.2) is 42.5 Å². The highest BCUT2D eigenvalue weighted by molar-refractivity contribution is 6.30. The molecule has 2 amide bonds. The highest BCUT2D eigenvalue weighted by atomic mass is 35.5. The standard InChI is InChI=1S/C18H18ClFN2O4/c1-25-16-7-2-11(8-14(16)20)10-26-17(23)9-15(22-18(21)24)12-3-5-13(19)6-4-12/h2-8,15H,9-10H2,1H3,(H3,21,22,24)/t15-/m0/s1. The molecule has 2 aromatic carbocycles. The van der Waals surface area contributed by atoms with Crippen molar-refractivity contribution in [2.45, 2.75) is 19.1 Å². The summed E-state index contributed by atoms with van der Waals surface area (Å²) in [5.74, 6) is -1.01. The molecular formula is C18H18ClFN2O4. The van der Waals surface area contributed by atoms with E-state index in [9.17, 15) is 14.0 Å². The summed E-state index contributed by atoms with van der Waals surface area (Å²) in [4.78, 5) is 23.3. The van der Waals surface area contributed by atoms with Gasteiger partial charge in [-0.3, -0.25) is 4.79 Å². The summed E-state index contributed by atoms with van der Waals surface area (Å²) >= 11 is 5.84. The molecule has 0 aromatic heterocycles. The predicted octanol–water partition coefficient (Wildman–Crippen LogP) is 3.33. The molecule has 3 N–H and O–H groups in total. The largest absolute Gasteiger partial charge is 0.494 e. The number of carbonyl (C=O) groups is 2. The molecule has 0 fully saturated rings. The van der Waals surface area contributed by atoms with Gasteiger partial charge in [0.2, 0.25) is 0 Å². The third-order valence-electron chi connectivity index (χ3n) is 3.58. The molecule has 0 saturated heterocycles. The molecule has 0 spiro atoms. The number of esters is 1. The van der Waals surface area contributed by atoms with E-state index in [-0.39, 0.29) is 18.8 Å². The lowest BCUT2D eigenvalue weighted by Gasteiger charge is -2.17. The summed E-state index contributed by atoms with van der Waals surface area (Å²) in [6, 6.07) is 9.46. The molecule has 138 valence electrons. The molecular weight excluding hydrogens is 363 g/mol. The van der Waals surface area contributed by atoms with Crippen molar-refractivity contribution in [2.75, 3.05) is 7.11 Å². The first-order valence-corrected chi connectivity index (χ1v) is 8.06. The third-order valence-corrected chi connectivity index (χ3v) is 3.83. The molecule has 0 aliphatic heterocycles. The predicted molar refractivity (Wildman–Crippen MR) is 94.3 cm³/mol. The molecule has 2 aromatic rings. The second-order valence-electron chi connectivity index (χ2n) is 5.45. The van der Waals surface area contributed by atoms with Gasteiger partial charge in [0.1, 0.15) is 6.61 Å². The molecule has 26 heavy (non-hydrogen) atoms. The van der Waals surface area contributed by atoms with Crippen LogP contribution < -0.4 is 15.8 Å². The second kappa shape index (κ2) is 9.05. The number of ether oxygens (including phenoxy) is 2. The molecule has 0 saturated carbocycles. The summed E-state index contributed by atoms with van der Waals surface area (Å²) in [5.41, 5.74) is 6.29. The Bertz CT molecular complexity index is 783. The molecule has 6 nitrogen and oxygen atoms in total. The zero-order chi connectivity index (χ0) is 19.1. The van der Waals surface area contributed by atoms with Gasteiger partial charge >= 0.3 is 12.0 Å². The number of benzene rings is 2. The van der Waals surface area contributed by atoms with Gasteiger partial charge in [0.05, 0.1) is 19.6 Å². The molecule has 0 aliphatic rings. The van der Waals surface area contributed by atoms with Crippen LogP contribution in [-0.2, 0) is 16.1 Å². The molecule has 0 radical (unpaired) electrons. The lowest BCUT2D eigenvalue weighted by molar-refractivity contribution is -0.145. The van der Waals surface area contributed by atoms with Crippen molar-refractivity contribution >= 4 is 23.6 Å². The van der Waals surface area contributed by atoms with Crippen molar-refractivity contribution in [1.82, 2.24) is 5.32 Å². The lowest BCUT2D eigenvalue weighted by Crippen LogP contribution is -2.34. The van der Waals surface area contributed by atoms with Crippen molar-refractivity contribution in [1.29, 1.82) is 0 Å². The van der Waals surface area contributed by atoms with Gasteiger partial charge in [0, 0.05) is 5.02 Å². The molecule has 0 aliphatic carbocycles. The molecule has 0 bridgehead atoms. The van der Waals surface area contributed by atoms with Gasteiger partial charge in [-0.05, 0) is 35.4 Å². The maximum Gasteiger partial charge on any atom is 0.312 e. The van der Waals surface area contributed by atoms with Gasteiger partial charge in [-0.1, -0.05) is 29.8 Å². The zero-order valence-electron chi connectivity index (χ0n) is 14.0. The molecule has 1 atom stereocenters. The van der Waals surface area contributed by atoms with E-state index in [4.69, 9.17) is 26.8 Å². The van der Waals surface area contributed by atoms with Gasteiger partial charge in [-0.15, -0.1) is 0 Å². The first kappa shape index (κ1) is 19.5. The maximum absolute atomic E-state index is 13.6. The number of urea groups is 1. The fourth-order valence-electron chi connectivity index (χ4n) is 2.31. The van der Waals surface area contributed by atoms with Crippen LogP contribution >= 0.6 is 11.6 Å². The van der Waals surface area contributed by atoms with Gasteiger partial charge < -0.3 is 20.5 Å². The van der Waals surface area contributed by atoms with E-state index in [0.29, 0.717) is 16.1 Å². The minimum absolute atomic E-state index is 0.105. The van der Waals surface area contributed by atoms with Gasteiger partial charge in [-0.25, -0.2) is 9.18 Å². The van der Waals surface area contributed by atoms with E-state index in [0.717, 1.165) is 0 Å². The Hall–Kier alpha value is -2.80. The van der Waals surface area contributed by atoms with Crippen molar-refractivity contribution in [3.63, 3.8) is 0 Å². The molecule has 0 unspecified atom stereocenters. The van der Waals surface area contributed by atoms with Crippen LogP contribution in [0, 0.1) is 5.82 Å². The van der Waals surface area contributed by atoms with Crippen LogP contribution in [0.5, 0.6) is 5.75 Å². The normalized spacial score (nSPS) is 11.5. The zero-order valence-corrected chi connectivity index (χ0v) is 14.8. The summed E-state index contributed by atoms with van der Waals surface area (Å²) < 4.78 is 23.6. The number of methoxy groups -OCH3 is 1. The average Bonchev–Trinajstić information content (AvgIpc) is 2.60. The Morgan fingerprint density at radius 1 is 1.23 bits per heavy atom. The topological polar surface area (TPSA) is 90.7 Å². The Balaban J connectivity index is 1.99.